The van der Waals surface area contributed by atoms with Gasteiger partial charge in [-0.15, -0.1) is 11.3 Å². The highest BCUT2D eigenvalue weighted by Gasteiger charge is 2.15. The van der Waals surface area contributed by atoms with Crippen molar-refractivity contribution in [3.63, 3.8) is 0 Å². The number of nitrogens with one attached hydrogen (secondary N) is 1. The van der Waals surface area contributed by atoms with Crippen molar-refractivity contribution >= 4 is 11.3 Å². The van der Waals surface area contributed by atoms with E-state index < -0.39 is 0 Å². The van der Waals surface area contributed by atoms with E-state index in [4.69, 9.17) is 9.47 Å². The van der Waals surface area contributed by atoms with Crippen molar-refractivity contribution in [2.45, 2.75) is 32.9 Å². The van der Waals surface area contributed by atoms with E-state index in [2.05, 4.69) is 22.6 Å². The number of aliphatic hydroxyl groups excluding tert-OH is 1. The van der Waals surface area contributed by atoms with Crippen molar-refractivity contribution in [1.82, 2.24) is 10.3 Å². The Hall–Kier alpha value is -1.63. The van der Waals surface area contributed by atoms with Crippen LogP contribution in [-0.4, -0.2) is 29.5 Å². The molecule has 2 heterocycles. The molecular weight excluding hydrogens is 312 g/mol. The van der Waals surface area contributed by atoms with Crippen LogP contribution in [0.4, 0.5) is 0 Å². The predicted octanol–water partition coefficient (Wildman–Crippen LogP) is 3.04. The highest BCUT2D eigenvalue weighted by molar-refractivity contribution is 7.13. The second-order valence-electron chi connectivity index (χ2n) is 6.03. The fraction of sp³-hybridized carbons (Fsp3) is 0.471. The summed E-state index contributed by atoms with van der Waals surface area (Å²) in [7, 11) is 0. The maximum absolute atomic E-state index is 9.38. The fourth-order valence-corrected chi connectivity index (χ4v) is 3.48. The Bertz CT molecular complexity index is 657. The van der Waals surface area contributed by atoms with Gasteiger partial charge >= 0.3 is 0 Å². The van der Waals surface area contributed by atoms with Crippen LogP contribution in [-0.2, 0) is 6.54 Å². The van der Waals surface area contributed by atoms with Gasteiger partial charge in [-0.2, -0.15) is 0 Å². The highest BCUT2D eigenvalue weighted by atomic mass is 32.1. The minimum atomic E-state index is -0.247. The summed E-state index contributed by atoms with van der Waals surface area (Å²) in [5.41, 5.74) is 2.08. The van der Waals surface area contributed by atoms with Gasteiger partial charge in [0.05, 0.1) is 11.8 Å². The summed E-state index contributed by atoms with van der Waals surface area (Å²) in [6.45, 7) is 5.87. The van der Waals surface area contributed by atoms with E-state index in [1.165, 1.54) is 0 Å². The second kappa shape index (κ2) is 7.29. The number of benzene rings is 1. The van der Waals surface area contributed by atoms with E-state index in [1.54, 1.807) is 11.3 Å². The third kappa shape index (κ3) is 4.22. The van der Waals surface area contributed by atoms with Crippen LogP contribution in [0.5, 0.6) is 11.5 Å². The van der Waals surface area contributed by atoms with E-state index in [1.807, 2.05) is 25.1 Å². The van der Waals surface area contributed by atoms with Crippen LogP contribution in [0.25, 0.3) is 10.6 Å². The standard InChI is InChI=1S/C17H22N2O3S/c1-11(5-12(2)20)7-18-8-14-9-23-17(19-14)13-3-4-15-16(6-13)22-10-21-15/h3-4,6,9,11-12,18,20H,5,7-8,10H2,1-2H3. The molecule has 1 aromatic carbocycles. The average molecular weight is 334 g/mol. The molecule has 2 atom stereocenters. The molecule has 124 valence electrons. The van der Waals surface area contributed by atoms with Crippen LogP contribution >= 0.6 is 11.3 Å². The summed E-state index contributed by atoms with van der Waals surface area (Å²) in [6, 6.07) is 5.91. The van der Waals surface area contributed by atoms with Crippen LogP contribution in [0.15, 0.2) is 23.6 Å². The zero-order chi connectivity index (χ0) is 16.2. The number of fused-ring (bicyclic) bond motifs is 1. The SMILES string of the molecule is CC(O)CC(C)CNCc1csc(-c2ccc3c(c2)OCO3)n1. The van der Waals surface area contributed by atoms with Gasteiger partial charge in [0.2, 0.25) is 6.79 Å². The first-order chi connectivity index (χ1) is 11.1. The third-order valence-electron chi connectivity index (χ3n) is 3.71. The maximum atomic E-state index is 9.38. The molecule has 6 heteroatoms. The van der Waals surface area contributed by atoms with Crippen molar-refractivity contribution in [2.75, 3.05) is 13.3 Å². The maximum Gasteiger partial charge on any atom is 0.231 e. The van der Waals surface area contributed by atoms with Gasteiger partial charge in [-0.05, 0) is 44.0 Å². The second-order valence-corrected chi connectivity index (χ2v) is 6.89. The molecule has 2 N–H and O–H groups in total. The van der Waals surface area contributed by atoms with E-state index in [0.29, 0.717) is 5.92 Å². The molecule has 2 aromatic rings. The number of hydrogen-bond acceptors (Lipinski definition) is 6. The lowest BCUT2D eigenvalue weighted by Gasteiger charge is -2.13. The van der Waals surface area contributed by atoms with Gasteiger partial charge in [0.25, 0.3) is 0 Å². The van der Waals surface area contributed by atoms with Crippen LogP contribution < -0.4 is 14.8 Å². The number of hydrogen-bond donors (Lipinski definition) is 2. The smallest absolute Gasteiger partial charge is 0.231 e. The molecule has 1 aromatic heterocycles. The molecule has 1 aliphatic rings. The molecule has 0 fully saturated rings. The van der Waals surface area contributed by atoms with Crippen molar-refractivity contribution < 1.29 is 14.6 Å². The molecule has 0 spiro atoms. The summed E-state index contributed by atoms with van der Waals surface area (Å²) < 4.78 is 10.7. The molecule has 0 bridgehead atoms. The fourth-order valence-electron chi connectivity index (χ4n) is 2.66. The molecule has 0 radical (unpaired) electrons. The number of nitrogens with zero attached hydrogens (tertiary/aromatic N) is 1. The Morgan fingerprint density at radius 1 is 1.30 bits per heavy atom. The van der Waals surface area contributed by atoms with Crippen molar-refractivity contribution in [3.8, 4) is 22.1 Å². The highest BCUT2D eigenvalue weighted by Crippen LogP contribution is 2.36. The summed E-state index contributed by atoms with van der Waals surface area (Å²) in [5, 5.41) is 15.8. The van der Waals surface area contributed by atoms with Gasteiger partial charge < -0.3 is 19.9 Å². The van der Waals surface area contributed by atoms with Gasteiger partial charge in [-0.1, -0.05) is 6.92 Å². The summed E-state index contributed by atoms with van der Waals surface area (Å²) in [5.74, 6) is 2.02. The van der Waals surface area contributed by atoms with Gasteiger partial charge in [0.15, 0.2) is 11.5 Å². The molecule has 5 nitrogen and oxygen atoms in total. The molecular formula is C17H22N2O3S. The molecule has 0 saturated carbocycles. The van der Waals surface area contributed by atoms with E-state index in [-0.39, 0.29) is 12.9 Å². The minimum Gasteiger partial charge on any atom is -0.454 e. The van der Waals surface area contributed by atoms with Gasteiger partial charge in [0.1, 0.15) is 5.01 Å². The zero-order valence-corrected chi connectivity index (χ0v) is 14.2. The summed E-state index contributed by atoms with van der Waals surface area (Å²) in [4.78, 5) is 4.67. The first-order valence-corrected chi connectivity index (χ1v) is 8.73. The van der Waals surface area contributed by atoms with Gasteiger partial charge in [-0.25, -0.2) is 4.98 Å². The minimum absolute atomic E-state index is 0.247. The Morgan fingerprint density at radius 2 is 2.13 bits per heavy atom. The number of rotatable bonds is 7. The molecule has 23 heavy (non-hydrogen) atoms. The molecule has 1 aliphatic heterocycles. The predicted molar refractivity (Wildman–Crippen MR) is 90.8 cm³/mol. The average Bonchev–Trinajstić information content (AvgIpc) is 3.14. The van der Waals surface area contributed by atoms with Crippen LogP contribution in [0, 0.1) is 5.92 Å². The Kier molecular flexibility index (Phi) is 5.15. The third-order valence-corrected chi connectivity index (χ3v) is 4.65. The lowest BCUT2D eigenvalue weighted by Crippen LogP contribution is -2.23. The largest absolute Gasteiger partial charge is 0.454 e. The summed E-state index contributed by atoms with van der Waals surface area (Å²) in [6.07, 6.45) is 0.565. The normalized spacial score (nSPS) is 15.6. The Labute approximate surface area is 140 Å². The van der Waals surface area contributed by atoms with Crippen molar-refractivity contribution in [3.05, 3.63) is 29.3 Å². The Morgan fingerprint density at radius 3 is 2.96 bits per heavy atom. The first-order valence-electron chi connectivity index (χ1n) is 7.85. The molecule has 0 aliphatic carbocycles. The van der Waals surface area contributed by atoms with E-state index >= 15 is 0 Å². The summed E-state index contributed by atoms with van der Waals surface area (Å²) >= 11 is 1.63. The molecule has 0 saturated heterocycles. The van der Waals surface area contributed by atoms with Crippen LogP contribution in [0.2, 0.25) is 0 Å². The number of aliphatic hydroxyl groups is 1. The van der Waals surface area contributed by atoms with E-state index in [9.17, 15) is 5.11 Å². The lowest BCUT2D eigenvalue weighted by molar-refractivity contribution is 0.163. The zero-order valence-electron chi connectivity index (χ0n) is 13.4. The molecule has 2 unspecified atom stereocenters. The van der Waals surface area contributed by atoms with Crippen molar-refractivity contribution in [2.24, 2.45) is 5.92 Å². The molecule has 3 rings (SSSR count). The van der Waals surface area contributed by atoms with Crippen molar-refractivity contribution in [1.29, 1.82) is 0 Å². The first kappa shape index (κ1) is 16.2. The van der Waals surface area contributed by atoms with Crippen LogP contribution in [0.3, 0.4) is 0 Å². The van der Waals surface area contributed by atoms with Gasteiger partial charge in [0, 0.05) is 17.5 Å². The monoisotopic (exact) mass is 334 g/mol. The Balaban J connectivity index is 1.56. The number of aromatic nitrogens is 1. The van der Waals surface area contributed by atoms with Gasteiger partial charge in [-0.3, -0.25) is 0 Å². The quantitative estimate of drug-likeness (QED) is 0.815. The number of thiazole rings is 1. The number of ether oxygens (including phenoxy) is 2. The van der Waals surface area contributed by atoms with E-state index in [0.717, 1.165) is 47.3 Å². The lowest BCUT2D eigenvalue weighted by atomic mass is 10.1. The topological polar surface area (TPSA) is 63.6 Å². The van der Waals surface area contributed by atoms with Crippen LogP contribution in [0.1, 0.15) is 26.0 Å². The molecule has 0 amide bonds.